The fourth-order valence-electron chi connectivity index (χ4n) is 2.48. The van der Waals surface area contributed by atoms with Gasteiger partial charge in [-0.25, -0.2) is 8.78 Å². The molecule has 1 aliphatic heterocycles. The molecule has 0 spiro atoms. The van der Waals surface area contributed by atoms with E-state index in [1.165, 1.54) is 12.3 Å². The van der Waals surface area contributed by atoms with Gasteiger partial charge < -0.3 is 10.7 Å². The summed E-state index contributed by atoms with van der Waals surface area (Å²) in [6.07, 6.45) is 2.96. The molecule has 28 heavy (non-hydrogen) atoms. The molecule has 6 nitrogen and oxygen atoms in total. The molecule has 10 heteroatoms. The van der Waals surface area contributed by atoms with Crippen LogP contribution in [-0.4, -0.2) is 23.0 Å². The van der Waals surface area contributed by atoms with Gasteiger partial charge in [0.25, 0.3) is 5.91 Å². The number of carbonyl (C=O) groups excluding carboxylic acids is 2. The fraction of sp³-hybridized carbons (Fsp3) is 0.111. The topological polar surface area (TPSA) is 73.5 Å². The Morgan fingerprint density at radius 1 is 1.11 bits per heavy atom. The van der Waals surface area contributed by atoms with Crippen LogP contribution >= 0.6 is 23.2 Å². The van der Waals surface area contributed by atoms with Crippen LogP contribution in [0.3, 0.4) is 0 Å². The first-order valence-electron chi connectivity index (χ1n) is 8.05. The molecular formula is C18H14Cl2F2N4O2. The Hall–Kier alpha value is -2.68. The smallest absolute Gasteiger partial charge is 0.268 e. The second kappa shape index (κ2) is 8.55. The Kier molecular flexibility index (Phi) is 6.13. The van der Waals surface area contributed by atoms with Gasteiger partial charge in [0.15, 0.2) is 11.6 Å². The average molecular weight is 427 g/mol. The van der Waals surface area contributed by atoms with Crippen LogP contribution in [0, 0.1) is 11.6 Å². The van der Waals surface area contributed by atoms with Crippen molar-refractivity contribution in [3.63, 3.8) is 0 Å². The van der Waals surface area contributed by atoms with Crippen LogP contribution in [0.15, 0.2) is 48.7 Å². The molecule has 0 aliphatic carbocycles. The molecule has 1 aliphatic rings. The third kappa shape index (κ3) is 4.41. The van der Waals surface area contributed by atoms with Crippen LogP contribution in [0.1, 0.15) is 15.9 Å². The molecule has 2 aromatic rings. The van der Waals surface area contributed by atoms with Gasteiger partial charge in [0, 0.05) is 17.8 Å². The summed E-state index contributed by atoms with van der Waals surface area (Å²) in [7, 11) is 0. The monoisotopic (exact) mass is 426 g/mol. The average Bonchev–Trinajstić information content (AvgIpc) is 3.12. The zero-order valence-electron chi connectivity index (χ0n) is 14.2. The van der Waals surface area contributed by atoms with Gasteiger partial charge in [-0.2, -0.15) is 0 Å². The van der Waals surface area contributed by atoms with E-state index < -0.39 is 29.5 Å². The molecule has 2 amide bonds. The van der Waals surface area contributed by atoms with Crippen molar-refractivity contribution in [2.45, 2.75) is 12.6 Å². The molecule has 146 valence electrons. The molecule has 1 atom stereocenters. The molecule has 0 bridgehead atoms. The summed E-state index contributed by atoms with van der Waals surface area (Å²) in [4.78, 5) is 24.8. The SMILES string of the molecule is O=C(NN1NC=CC1C(=O)NCc1ccccc1Cl)c1cc(F)c(F)cc1Cl. The van der Waals surface area contributed by atoms with E-state index in [9.17, 15) is 18.4 Å². The molecule has 3 N–H and O–H groups in total. The molecule has 0 saturated heterocycles. The summed E-state index contributed by atoms with van der Waals surface area (Å²) in [5.74, 6) is -3.61. The summed E-state index contributed by atoms with van der Waals surface area (Å²) in [6, 6.07) is 7.56. The maximum Gasteiger partial charge on any atom is 0.268 e. The van der Waals surface area contributed by atoms with E-state index in [0.29, 0.717) is 17.2 Å². The van der Waals surface area contributed by atoms with Crippen LogP contribution in [0.5, 0.6) is 0 Å². The Morgan fingerprint density at radius 2 is 1.82 bits per heavy atom. The molecule has 0 aromatic heterocycles. The standard InChI is InChI=1S/C18H14Cl2F2N4O2/c19-12-4-2-1-3-10(12)9-23-18(28)16-5-6-24-26(16)25-17(27)11-7-14(21)15(22)8-13(11)20/h1-8,16,24H,9H2,(H,23,28)(H,25,27). The van der Waals surface area contributed by atoms with E-state index in [4.69, 9.17) is 23.2 Å². The lowest BCUT2D eigenvalue weighted by atomic mass is 10.2. The normalized spacial score (nSPS) is 15.9. The minimum atomic E-state index is -1.21. The van der Waals surface area contributed by atoms with Crippen molar-refractivity contribution in [1.82, 2.24) is 21.3 Å². The minimum absolute atomic E-state index is 0.194. The molecule has 0 saturated carbocycles. The number of hydrogen-bond acceptors (Lipinski definition) is 4. The van der Waals surface area contributed by atoms with Crippen molar-refractivity contribution in [1.29, 1.82) is 0 Å². The number of nitrogens with zero attached hydrogens (tertiary/aromatic N) is 1. The van der Waals surface area contributed by atoms with Crippen molar-refractivity contribution in [3.05, 3.63) is 81.5 Å². The van der Waals surface area contributed by atoms with Gasteiger partial charge in [-0.1, -0.05) is 41.4 Å². The molecule has 1 heterocycles. The summed E-state index contributed by atoms with van der Waals surface area (Å²) in [6.45, 7) is 0.194. The van der Waals surface area contributed by atoms with E-state index in [0.717, 1.165) is 10.7 Å². The summed E-state index contributed by atoms with van der Waals surface area (Å²) >= 11 is 11.9. The highest BCUT2D eigenvalue weighted by Crippen LogP contribution is 2.20. The Bertz CT molecular complexity index is 955. The van der Waals surface area contributed by atoms with Gasteiger partial charge in [-0.3, -0.25) is 15.0 Å². The van der Waals surface area contributed by atoms with Crippen LogP contribution in [-0.2, 0) is 11.3 Å². The molecular weight excluding hydrogens is 413 g/mol. The fourth-order valence-corrected chi connectivity index (χ4v) is 2.92. The lowest BCUT2D eigenvalue weighted by molar-refractivity contribution is -0.126. The van der Waals surface area contributed by atoms with E-state index >= 15 is 0 Å². The third-order valence-corrected chi connectivity index (χ3v) is 4.61. The van der Waals surface area contributed by atoms with Crippen molar-refractivity contribution < 1.29 is 18.4 Å². The number of nitrogens with one attached hydrogen (secondary N) is 3. The number of hydrogen-bond donors (Lipinski definition) is 3. The number of rotatable bonds is 5. The van der Waals surface area contributed by atoms with Crippen LogP contribution < -0.4 is 16.2 Å². The van der Waals surface area contributed by atoms with Gasteiger partial charge >= 0.3 is 0 Å². The van der Waals surface area contributed by atoms with Crippen molar-refractivity contribution in [2.24, 2.45) is 0 Å². The number of carbonyl (C=O) groups is 2. The lowest BCUT2D eigenvalue weighted by Gasteiger charge is -2.24. The second-order valence-electron chi connectivity index (χ2n) is 5.80. The number of hydrazine groups is 2. The zero-order chi connectivity index (χ0) is 20.3. The zero-order valence-corrected chi connectivity index (χ0v) is 15.7. The number of halogens is 4. The molecule has 0 radical (unpaired) electrons. The predicted molar refractivity (Wildman–Crippen MR) is 100 cm³/mol. The van der Waals surface area contributed by atoms with Crippen LogP contribution in [0.2, 0.25) is 10.0 Å². The Morgan fingerprint density at radius 3 is 2.57 bits per heavy atom. The maximum atomic E-state index is 13.4. The second-order valence-corrected chi connectivity index (χ2v) is 6.61. The van der Waals surface area contributed by atoms with Crippen molar-refractivity contribution >= 4 is 35.0 Å². The minimum Gasteiger partial charge on any atom is -0.350 e. The summed E-state index contributed by atoms with van der Waals surface area (Å²) < 4.78 is 26.6. The largest absolute Gasteiger partial charge is 0.350 e. The first-order valence-corrected chi connectivity index (χ1v) is 8.81. The highest BCUT2D eigenvalue weighted by Gasteiger charge is 2.29. The number of benzene rings is 2. The summed E-state index contributed by atoms with van der Waals surface area (Å²) in [5.41, 5.74) is 5.51. The van der Waals surface area contributed by atoms with Gasteiger partial charge in [0.05, 0.1) is 10.6 Å². The van der Waals surface area contributed by atoms with Gasteiger partial charge in [-0.05, 0) is 29.8 Å². The lowest BCUT2D eigenvalue weighted by Crippen LogP contribution is -2.55. The highest BCUT2D eigenvalue weighted by atomic mass is 35.5. The quantitative estimate of drug-likeness (QED) is 0.642. The molecule has 3 rings (SSSR count). The maximum absolute atomic E-state index is 13.4. The van der Waals surface area contributed by atoms with Crippen molar-refractivity contribution in [3.8, 4) is 0 Å². The van der Waals surface area contributed by atoms with Crippen LogP contribution in [0.25, 0.3) is 0 Å². The Balaban J connectivity index is 1.65. The van der Waals surface area contributed by atoms with E-state index in [2.05, 4.69) is 16.2 Å². The first-order chi connectivity index (χ1) is 13.4. The van der Waals surface area contributed by atoms with Crippen LogP contribution in [0.4, 0.5) is 8.78 Å². The number of amides is 2. The molecule has 2 aromatic carbocycles. The molecule has 0 fully saturated rings. The third-order valence-electron chi connectivity index (χ3n) is 3.93. The first kappa shape index (κ1) is 20.1. The van der Waals surface area contributed by atoms with E-state index in [-0.39, 0.29) is 17.1 Å². The summed E-state index contributed by atoms with van der Waals surface area (Å²) in [5, 5.41) is 4.08. The van der Waals surface area contributed by atoms with E-state index in [1.807, 2.05) is 0 Å². The molecule has 1 unspecified atom stereocenters. The highest BCUT2D eigenvalue weighted by molar-refractivity contribution is 6.33. The van der Waals surface area contributed by atoms with E-state index in [1.54, 1.807) is 24.3 Å². The predicted octanol–water partition coefficient (Wildman–Crippen LogP) is 2.94. The Labute approximate surface area is 169 Å². The van der Waals surface area contributed by atoms with Crippen molar-refractivity contribution in [2.75, 3.05) is 0 Å². The van der Waals surface area contributed by atoms with Gasteiger partial charge in [0.1, 0.15) is 6.04 Å². The van der Waals surface area contributed by atoms with Gasteiger partial charge in [0.2, 0.25) is 5.91 Å². The van der Waals surface area contributed by atoms with Gasteiger partial charge in [-0.15, -0.1) is 5.12 Å².